The van der Waals surface area contributed by atoms with Crippen LogP contribution in [0.15, 0.2) is 75.0 Å². The predicted octanol–water partition coefficient (Wildman–Crippen LogP) is 5.53. The molecule has 4 rings (SSSR count). The number of hydrogen-bond donors (Lipinski definition) is 0. The number of nitrogens with zero attached hydrogens (tertiary/aromatic N) is 2. The van der Waals surface area contributed by atoms with Crippen LogP contribution in [0.5, 0.6) is 0 Å². The minimum atomic E-state index is -0.423. The van der Waals surface area contributed by atoms with Crippen molar-refractivity contribution < 1.29 is 28.3 Å². The van der Waals surface area contributed by atoms with Crippen molar-refractivity contribution in [2.75, 3.05) is 20.3 Å². The number of furan rings is 1. The Kier molecular flexibility index (Phi) is 7.70. The number of likely N-dealkylation sites (N-methyl/N-ethyl adjacent to an activating group) is 1. The SMILES string of the molecule is CCOC(=O)c1ccc(-c2ccc(C=C3SC(=Nc4cccc(C(=O)OCC)c4)N(C)C3=O)o2)cc1. The molecule has 1 amide bonds. The Hall–Kier alpha value is -4.11. The smallest absolute Gasteiger partial charge is 0.338 e. The molecule has 0 bridgehead atoms. The van der Waals surface area contributed by atoms with Gasteiger partial charge in [-0.05, 0) is 68.1 Å². The average molecular weight is 505 g/mol. The topological polar surface area (TPSA) is 98.4 Å². The van der Waals surface area contributed by atoms with E-state index in [0.717, 1.165) is 5.56 Å². The van der Waals surface area contributed by atoms with Gasteiger partial charge < -0.3 is 13.9 Å². The van der Waals surface area contributed by atoms with Gasteiger partial charge in [-0.2, -0.15) is 0 Å². The molecule has 0 aliphatic carbocycles. The maximum atomic E-state index is 12.8. The molecule has 1 aliphatic rings. The first-order chi connectivity index (χ1) is 17.4. The van der Waals surface area contributed by atoms with Crippen molar-refractivity contribution in [3.05, 3.63) is 82.5 Å². The summed E-state index contributed by atoms with van der Waals surface area (Å²) in [5, 5.41) is 0.480. The first-order valence-corrected chi connectivity index (χ1v) is 12.1. The van der Waals surface area contributed by atoms with E-state index in [1.54, 1.807) is 87.6 Å². The molecule has 1 aliphatic heterocycles. The van der Waals surface area contributed by atoms with Crippen molar-refractivity contribution in [3.63, 3.8) is 0 Å². The summed E-state index contributed by atoms with van der Waals surface area (Å²) >= 11 is 1.22. The summed E-state index contributed by atoms with van der Waals surface area (Å²) in [6, 6.07) is 17.2. The molecule has 1 saturated heterocycles. The number of rotatable bonds is 7. The molecular weight excluding hydrogens is 480 g/mol. The fourth-order valence-electron chi connectivity index (χ4n) is 3.38. The predicted molar refractivity (Wildman–Crippen MR) is 138 cm³/mol. The van der Waals surface area contributed by atoms with Crippen molar-refractivity contribution in [2.45, 2.75) is 13.8 Å². The molecule has 0 atom stereocenters. The lowest BCUT2D eigenvalue weighted by molar-refractivity contribution is -0.121. The van der Waals surface area contributed by atoms with Gasteiger partial charge in [0.2, 0.25) is 0 Å². The average Bonchev–Trinajstić information content (AvgIpc) is 3.45. The third kappa shape index (κ3) is 5.58. The largest absolute Gasteiger partial charge is 0.462 e. The van der Waals surface area contributed by atoms with Crippen LogP contribution in [-0.4, -0.2) is 48.2 Å². The molecule has 0 saturated carbocycles. The first-order valence-electron chi connectivity index (χ1n) is 11.3. The lowest BCUT2D eigenvalue weighted by atomic mass is 10.1. The van der Waals surface area contributed by atoms with Gasteiger partial charge in [0.25, 0.3) is 5.91 Å². The van der Waals surface area contributed by atoms with Crippen LogP contribution < -0.4 is 0 Å². The summed E-state index contributed by atoms with van der Waals surface area (Å²) < 4.78 is 16.0. The second-order valence-electron chi connectivity index (χ2n) is 7.64. The standard InChI is InChI=1S/C27H24N2O6S/c1-4-33-25(31)18-11-9-17(10-12-18)22-14-13-21(35-22)16-23-24(30)29(3)27(36-23)28-20-8-6-7-19(15-20)26(32)34-5-2/h6-16H,4-5H2,1-3H3. The van der Waals surface area contributed by atoms with E-state index in [0.29, 0.717) is 45.0 Å². The molecule has 2 heterocycles. The van der Waals surface area contributed by atoms with Crippen LogP contribution in [0.1, 0.15) is 40.3 Å². The number of amides is 1. The van der Waals surface area contributed by atoms with E-state index in [1.807, 2.05) is 0 Å². The lowest BCUT2D eigenvalue weighted by Gasteiger charge is -2.07. The Morgan fingerprint density at radius 3 is 2.36 bits per heavy atom. The van der Waals surface area contributed by atoms with E-state index in [2.05, 4.69) is 4.99 Å². The van der Waals surface area contributed by atoms with Crippen LogP contribution in [0, 0.1) is 0 Å². The van der Waals surface area contributed by atoms with Crippen LogP contribution >= 0.6 is 11.8 Å². The van der Waals surface area contributed by atoms with Gasteiger partial charge in [0, 0.05) is 18.7 Å². The number of thioether (sulfide) groups is 1. The number of hydrogen-bond acceptors (Lipinski definition) is 8. The fourth-order valence-corrected chi connectivity index (χ4v) is 4.35. The number of carbonyl (C=O) groups is 3. The van der Waals surface area contributed by atoms with Gasteiger partial charge in [0.15, 0.2) is 5.17 Å². The molecular formula is C27H24N2O6S. The maximum absolute atomic E-state index is 12.8. The highest BCUT2D eigenvalue weighted by Gasteiger charge is 2.30. The molecule has 0 radical (unpaired) electrons. The summed E-state index contributed by atoms with van der Waals surface area (Å²) in [5.41, 5.74) is 2.18. The summed E-state index contributed by atoms with van der Waals surface area (Å²) in [5.74, 6) is 0.102. The van der Waals surface area contributed by atoms with Gasteiger partial charge in [0.1, 0.15) is 11.5 Å². The van der Waals surface area contributed by atoms with Crippen molar-refractivity contribution in [2.24, 2.45) is 4.99 Å². The lowest BCUT2D eigenvalue weighted by Crippen LogP contribution is -2.23. The molecule has 36 heavy (non-hydrogen) atoms. The summed E-state index contributed by atoms with van der Waals surface area (Å²) in [6.07, 6.45) is 1.66. The monoisotopic (exact) mass is 504 g/mol. The van der Waals surface area contributed by atoms with Gasteiger partial charge in [-0.1, -0.05) is 18.2 Å². The maximum Gasteiger partial charge on any atom is 0.338 e. The molecule has 3 aromatic rings. The van der Waals surface area contributed by atoms with Crippen LogP contribution in [0.25, 0.3) is 17.4 Å². The summed E-state index contributed by atoms with van der Waals surface area (Å²) in [4.78, 5) is 43.1. The number of benzene rings is 2. The normalized spacial score (nSPS) is 15.5. The number of ether oxygens (including phenoxy) is 2. The Morgan fingerprint density at radius 2 is 1.67 bits per heavy atom. The molecule has 184 valence electrons. The van der Waals surface area contributed by atoms with E-state index >= 15 is 0 Å². The number of aliphatic imine (C=N–C) groups is 1. The second kappa shape index (κ2) is 11.1. The number of esters is 2. The third-order valence-corrected chi connectivity index (χ3v) is 6.23. The van der Waals surface area contributed by atoms with Gasteiger partial charge in [-0.25, -0.2) is 14.6 Å². The van der Waals surface area contributed by atoms with Gasteiger partial charge in [0.05, 0.1) is 34.9 Å². The molecule has 9 heteroatoms. The molecule has 1 fully saturated rings. The third-order valence-electron chi connectivity index (χ3n) is 5.17. The van der Waals surface area contributed by atoms with E-state index in [4.69, 9.17) is 13.9 Å². The van der Waals surface area contributed by atoms with Crippen LogP contribution in [0.4, 0.5) is 5.69 Å². The quantitative estimate of drug-likeness (QED) is 0.308. The minimum Gasteiger partial charge on any atom is -0.462 e. The minimum absolute atomic E-state index is 0.211. The van der Waals surface area contributed by atoms with Gasteiger partial charge >= 0.3 is 11.9 Å². The highest BCUT2D eigenvalue weighted by Crippen LogP contribution is 2.34. The zero-order chi connectivity index (χ0) is 25.7. The Balaban J connectivity index is 1.51. The molecule has 1 aromatic heterocycles. The molecule has 0 spiro atoms. The van der Waals surface area contributed by atoms with Crippen LogP contribution in [0.3, 0.4) is 0 Å². The first kappa shape index (κ1) is 25.0. The zero-order valence-corrected chi connectivity index (χ0v) is 20.8. The molecule has 2 aromatic carbocycles. The second-order valence-corrected chi connectivity index (χ2v) is 8.65. The molecule has 0 N–H and O–H groups in total. The van der Waals surface area contributed by atoms with Crippen molar-refractivity contribution in [1.82, 2.24) is 4.90 Å². The van der Waals surface area contributed by atoms with Crippen molar-refractivity contribution in [1.29, 1.82) is 0 Å². The highest BCUT2D eigenvalue weighted by molar-refractivity contribution is 8.18. The Labute approximate surface area is 212 Å². The fraction of sp³-hybridized carbons (Fsp3) is 0.185. The molecule has 0 unspecified atom stereocenters. The Morgan fingerprint density at radius 1 is 0.972 bits per heavy atom. The number of carbonyl (C=O) groups excluding carboxylic acids is 3. The van der Waals surface area contributed by atoms with E-state index in [9.17, 15) is 14.4 Å². The van der Waals surface area contributed by atoms with Gasteiger partial charge in [-0.3, -0.25) is 9.69 Å². The van der Waals surface area contributed by atoms with Gasteiger partial charge in [-0.15, -0.1) is 0 Å². The number of amidine groups is 1. The zero-order valence-electron chi connectivity index (χ0n) is 20.0. The highest BCUT2D eigenvalue weighted by atomic mass is 32.2. The van der Waals surface area contributed by atoms with E-state index in [-0.39, 0.29) is 18.5 Å². The summed E-state index contributed by atoms with van der Waals surface area (Å²) in [6.45, 7) is 4.10. The van der Waals surface area contributed by atoms with E-state index in [1.165, 1.54) is 16.7 Å². The summed E-state index contributed by atoms with van der Waals surface area (Å²) in [7, 11) is 1.64. The van der Waals surface area contributed by atoms with E-state index < -0.39 is 5.97 Å². The molecule has 8 nitrogen and oxygen atoms in total. The van der Waals surface area contributed by atoms with Crippen LogP contribution in [-0.2, 0) is 14.3 Å². The van der Waals surface area contributed by atoms with Crippen molar-refractivity contribution >= 4 is 46.5 Å². The Bertz CT molecular complexity index is 1360. The van der Waals surface area contributed by atoms with Crippen molar-refractivity contribution in [3.8, 4) is 11.3 Å². The van der Waals surface area contributed by atoms with Crippen LogP contribution in [0.2, 0.25) is 0 Å².